The largest absolute Gasteiger partial charge is 0.245 e. The second-order valence-corrected chi connectivity index (χ2v) is 3.58. The Hall–Kier alpha value is 0.270. The minimum absolute atomic E-state index is 0. The molecule has 0 amide bonds. The third-order valence-electron chi connectivity index (χ3n) is 1.22. The van der Waals surface area contributed by atoms with Crippen molar-refractivity contribution in [3.8, 4) is 0 Å². The van der Waals surface area contributed by atoms with Crippen LogP contribution in [-0.4, -0.2) is 11.2 Å². The Labute approximate surface area is 85.5 Å². The van der Waals surface area contributed by atoms with Gasteiger partial charge in [0.25, 0.3) is 0 Å². The molecule has 62 valence electrons. The molecule has 0 unspecified atom stereocenters. The summed E-state index contributed by atoms with van der Waals surface area (Å²) in [7, 11) is 0. The van der Waals surface area contributed by atoms with Crippen LogP contribution in [-0.2, 0) is 0 Å². The van der Waals surface area contributed by atoms with Crippen LogP contribution in [0.2, 0.25) is 0 Å². The molecular weight excluding hydrogens is 246 g/mol. The predicted octanol–water partition coefficient (Wildman–Crippen LogP) is 3.30. The summed E-state index contributed by atoms with van der Waals surface area (Å²) in [5.41, 5.74) is 1.09. The lowest BCUT2D eigenvalue weighted by atomic mass is 10.4. The SMILES string of the molecule is CSc1ccc(Br)nc1C.Cl. The quantitative estimate of drug-likeness (QED) is 0.563. The maximum Gasteiger partial charge on any atom is 0.106 e. The van der Waals surface area contributed by atoms with E-state index in [1.54, 1.807) is 11.8 Å². The van der Waals surface area contributed by atoms with Gasteiger partial charge in [-0.05, 0) is 41.2 Å². The van der Waals surface area contributed by atoms with E-state index in [9.17, 15) is 0 Å². The number of nitrogens with zero attached hydrogens (tertiary/aromatic N) is 1. The number of pyridine rings is 1. The Kier molecular flexibility index (Phi) is 5.13. The van der Waals surface area contributed by atoms with Crippen molar-refractivity contribution in [2.24, 2.45) is 0 Å². The van der Waals surface area contributed by atoms with Gasteiger partial charge >= 0.3 is 0 Å². The summed E-state index contributed by atoms with van der Waals surface area (Å²) >= 11 is 5.03. The molecule has 0 aliphatic heterocycles. The van der Waals surface area contributed by atoms with E-state index in [0.29, 0.717) is 0 Å². The lowest BCUT2D eigenvalue weighted by Gasteiger charge is -1.99. The molecule has 11 heavy (non-hydrogen) atoms. The van der Waals surface area contributed by atoms with E-state index in [2.05, 4.69) is 33.2 Å². The fourth-order valence-corrected chi connectivity index (χ4v) is 1.68. The van der Waals surface area contributed by atoms with Crippen molar-refractivity contribution < 1.29 is 0 Å². The van der Waals surface area contributed by atoms with Crippen LogP contribution < -0.4 is 0 Å². The molecule has 0 fully saturated rings. The van der Waals surface area contributed by atoms with E-state index in [0.717, 1.165) is 10.3 Å². The first-order valence-electron chi connectivity index (χ1n) is 2.91. The summed E-state index contributed by atoms with van der Waals surface area (Å²) in [4.78, 5) is 5.48. The van der Waals surface area contributed by atoms with E-state index in [-0.39, 0.29) is 12.4 Å². The number of hydrogen-bond acceptors (Lipinski definition) is 2. The first-order chi connectivity index (χ1) is 4.74. The molecule has 0 saturated carbocycles. The van der Waals surface area contributed by atoms with Crippen LogP contribution in [0.3, 0.4) is 0 Å². The highest BCUT2D eigenvalue weighted by Gasteiger charge is 1.96. The van der Waals surface area contributed by atoms with Gasteiger partial charge in [-0.2, -0.15) is 0 Å². The van der Waals surface area contributed by atoms with Crippen molar-refractivity contribution >= 4 is 40.1 Å². The van der Waals surface area contributed by atoms with Crippen molar-refractivity contribution in [2.75, 3.05) is 6.26 Å². The van der Waals surface area contributed by atoms with Gasteiger partial charge in [0.15, 0.2) is 0 Å². The van der Waals surface area contributed by atoms with E-state index < -0.39 is 0 Å². The minimum Gasteiger partial charge on any atom is -0.245 e. The van der Waals surface area contributed by atoms with E-state index >= 15 is 0 Å². The number of hydrogen-bond donors (Lipinski definition) is 0. The molecule has 0 spiro atoms. The Morgan fingerprint density at radius 2 is 2.09 bits per heavy atom. The van der Waals surface area contributed by atoms with Crippen LogP contribution in [0.4, 0.5) is 0 Å². The molecule has 0 aliphatic rings. The molecule has 0 N–H and O–H groups in total. The number of thioether (sulfide) groups is 1. The molecule has 1 aromatic rings. The molecule has 4 heteroatoms. The summed E-state index contributed by atoms with van der Waals surface area (Å²) < 4.78 is 0.905. The van der Waals surface area contributed by atoms with Gasteiger partial charge in [-0.25, -0.2) is 4.98 Å². The molecule has 1 nitrogen and oxygen atoms in total. The Balaban J connectivity index is 0.000001000. The normalized spacial score (nSPS) is 9.00. The highest BCUT2D eigenvalue weighted by molar-refractivity contribution is 9.10. The molecule has 0 aromatic carbocycles. The zero-order chi connectivity index (χ0) is 7.56. The van der Waals surface area contributed by atoms with Gasteiger partial charge in [0.2, 0.25) is 0 Å². The summed E-state index contributed by atoms with van der Waals surface area (Å²) in [6, 6.07) is 4.02. The second kappa shape index (κ2) is 5.01. The Morgan fingerprint density at radius 3 is 2.55 bits per heavy atom. The maximum atomic E-state index is 4.24. The Bertz CT molecular complexity index is 242. The molecule has 0 saturated heterocycles. The van der Waals surface area contributed by atoms with Crippen LogP contribution in [0.15, 0.2) is 21.6 Å². The number of halogens is 2. The van der Waals surface area contributed by atoms with Gasteiger partial charge in [-0.15, -0.1) is 24.2 Å². The topological polar surface area (TPSA) is 12.9 Å². The highest BCUT2D eigenvalue weighted by atomic mass is 79.9. The van der Waals surface area contributed by atoms with Crippen LogP contribution in [0, 0.1) is 6.92 Å². The smallest absolute Gasteiger partial charge is 0.106 e. The molecular formula is C7H9BrClNS. The van der Waals surface area contributed by atoms with Gasteiger partial charge in [-0.1, -0.05) is 0 Å². The fourth-order valence-electron chi connectivity index (χ4n) is 0.733. The molecule has 0 aliphatic carbocycles. The summed E-state index contributed by atoms with van der Waals surface area (Å²) in [5, 5.41) is 0. The molecule has 0 atom stereocenters. The Morgan fingerprint density at radius 1 is 1.45 bits per heavy atom. The molecule has 0 bridgehead atoms. The number of aryl methyl sites for hydroxylation is 1. The standard InChI is InChI=1S/C7H8BrNS.ClH/c1-5-6(10-2)3-4-7(8)9-5;/h3-4H,1-2H3;1H. The third kappa shape index (κ3) is 3.01. The van der Waals surface area contributed by atoms with Gasteiger partial charge < -0.3 is 0 Å². The van der Waals surface area contributed by atoms with Crippen LogP contribution in [0.1, 0.15) is 5.69 Å². The van der Waals surface area contributed by atoms with Gasteiger partial charge in [0.05, 0.1) is 5.69 Å². The zero-order valence-electron chi connectivity index (χ0n) is 6.30. The third-order valence-corrected chi connectivity index (χ3v) is 2.54. The number of aromatic nitrogens is 1. The summed E-state index contributed by atoms with van der Waals surface area (Å²) in [5.74, 6) is 0. The molecule has 1 heterocycles. The van der Waals surface area contributed by atoms with Crippen LogP contribution in [0.25, 0.3) is 0 Å². The monoisotopic (exact) mass is 253 g/mol. The predicted molar refractivity (Wildman–Crippen MR) is 55.7 cm³/mol. The second-order valence-electron chi connectivity index (χ2n) is 1.92. The van der Waals surface area contributed by atoms with Gasteiger partial charge in [0.1, 0.15) is 4.60 Å². The molecule has 1 rings (SSSR count). The number of rotatable bonds is 1. The minimum atomic E-state index is 0. The van der Waals surface area contributed by atoms with E-state index in [1.807, 2.05) is 13.0 Å². The van der Waals surface area contributed by atoms with Gasteiger partial charge in [0, 0.05) is 4.90 Å². The lowest BCUT2D eigenvalue weighted by molar-refractivity contribution is 1.09. The van der Waals surface area contributed by atoms with Gasteiger partial charge in [-0.3, -0.25) is 0 Å². The van der Waals surface area contributed by atoms with Crippen molar-refractivity contribution in [1.82, 2.24) is 4.98 Å². The van der Waals surface area contributed by atoms with Crippen molar-refractivity contribution in [1.29, 1.82) is 0 Å². The molecule has 1 aromatic heterocycles. The van der Waals surface area contributed by atoms with Crippen LogP contribution >= 0.6 is 40.1 Å². The summed E-state index contributed by atoms with van der Waals surface area (Å²) in [6.45, 7) is 2.01. The van der Waals surface area contributed by atoms with Crippen LogP contribution in [0.5, 0.6) is 0 Å². The van der Waals surface area contributed by atoms with Crippen molar-refractivity contribution in [3.63, 3.8) is 0 Å². The maximum absolute atomic E-state index is 4.24. The summed E-state index contributed by atoms with van der Waals surface area (Å²) in [6.07, 6.45) is 2.05. The highest BCUT2D eigenvalue weighted by Crippen LogP contribution is 2.19. The molecule has 0 radical (unpaired) electrons. The average molecular weight is 255 g/mol. The zero-order valence-corrected chi connectivity index (χ0v) is 9.52. The van der Waals surface area contributed by atoms with E-state index in [1.165, 1.54) is 4.90 Å². The lowest BCUT2D eigenvalue weighted by Crippen LogP contribution is -1.84. The van der Waals surface area contributed by atoms with E-state index in [4.69, 9.17) is 0 Å². The average Bonchev–Trinajstić information content (AvgIpc) is 1.88. The van der Waals surface area contributed by atoms with Crippen molar-refractivity contribution in [2.45, 2.75) is 11.8 Å². The first kappa shape index (κ1) is 11.3. The fraction of sp³-hybridized carbons (Fsp3) is 0.286. The first-order valence-corrected chi connectivity index (χ1v) is 4.93. The van der Waals surface area contributed by atoms with Crippen molar-refractivity contribution in [3.05, 3.63) is 22.4 Å².